The van der Waals surface area contributed by atoms with Crippen LogP contribution in [0.2, 0.25) is 0 Å². The summed E-state index contributed by atoms with van der Waals surface area (Å²) in [6.07, 6.45) is 5.38. The van der Waals surface area contributed by atoms with Crippen molar-refractivity contribution < 1.29 is 18.2 Å². The van der Waals surface area contributed by atoms with E-state index in [4.69, 9.17) is 9.05 Å². The molecule has 0 bridgehead atoms. The van der Waals surface area contributed by atoms with Gasteiger partial charge >= 0.3 is 0 Å². The smallest absolute Gasteiger partial charge is 0.258 e. The van der Waals surface area contributed by atoms with Crippen LogP contribution in [-0.4, -0.2) is 39.4 Å². The summed E-state index contributed by atoms with van der Waals surface area (Å²) in [6.45, 7) is 9.77. The van der Waals surface area contributed by atoms with E-state index in [9.17, 15) is 9.18 Å². The number of hydrogen-bond donors (Lipinski definition) is 0. The number of benzene rings is 1. The summed E-state index contributed by atoms with van der Waals surface area (Å²) < 4.78 is 23.8. The molecule has 0 unspecified atom stereocenters. The van der Waals surface area contributed by atoms with E-state index >= 15 is 0 Å². The summed E-state index contributed by atoms with van der Waals surface area (Å²) >= 11 is 0. The van der Waals surface area contributed by atoms with Crippen molar-refractivity contribution in [3.8, 4) is 11.5 Å². The Kier molecular flexibility index (Phi) is 7.96. The maximum absolute atomic E-state index is 13.1. The van der Waals surface area contributed by atoms with E-state index in [1.807, 2.05) is 45.0 Å². The first-order chi connectivity index (χ1) is 17.3. The number of alkyl halides is 1. The summed E-state index contributed by atoms with van der Waals surface area (Å²) in [6, 6.07) is 7.45. The third-order valence-electron chi connectivity index (χ3n) is 6.12. The summed E-state index contributed by atoms with van der Waals surface area (Å²) in [4.78, 5) is 23.8. The second-order valence-electron chi connectivity index (χ2n) is 10.4. The summed E-state index contributed by atoms with van der Waals surface area (Å²) in [7, 11) is 0. The lowest BCUT2D eigenvalue weighted by atomic mass is 9.97. The van der Waals surface area contributed by atoms with Crippen molar-refractivity contribution in [3.05, 3.63) is 54.0 Å². The van der Waals surface area contributed by atoms with Crippen molar-refractivity contribution in [2.24, 2.45) is 0 Å². The lowest BCUT2D eigenvalue weighted by Crippen LogP contribution is -2.33. The minimum absolute atomic E-state index is 0.0113. The Morgan fingerprint density at radius 1 is 1.14 bits per heavy atom. The van der Waals surface area contributed by atoms with Gasteiger partial charge in [-0.2, -0.15) is 9.97 Å². The Balaban J connectivity index is 1.40. The molecule has 0 radical (unpaired) electrons. The Hall–Kier alpha value is -3.36. The van der Waals surface area contributed by atoms with E-state index in [1.54, 1.807) is 4.90 Å². The van der Waals surface area contributed by atoms with Crippen molar-refractivity contribution in [2.45, 2.75) is 77.0 Å². The van der Waals surface area contributed by atoms with Gasteiger partial charge < -0.3 is 13.9 Å². The quantitative estimate of drug-likeness (QED) is 0.226. The molecule has 192 valence electrons. The predicted octanol–water partition coefficient (Wildman–Crippen LogP) is 5.96. The number of carbonyl (C=O) groups excluding carboxylic acids is 1. The molecule has 8 nitrogen and oxygen atoms in total. The molecule has 4 rings (SSSR count). The number of hydrogen-bond acceptors (Lipinski definition) is 7. The average Bonchev–Trinajstić information content (AvgIpc) is 3.37. The zero-order valence-electron chi connectivity index (χ0n) is 21.3. The zero-order valence-corrected chi connectivity index (χ0v) is 21.3. The van der Waals surface area contributed by atoms with E-state index in [-0.39, 0.29) is 23.3 Å². The molecule has 0 atom stereocenters. The van der Waals surface area contributed by atoms with Crippen molar-refractivity contribution in [1.82, 2.24) is 20.3 Å². The van der Waals surface area contributed by atoms with Crippen LogP contribution >= 0.6 is 0 Å². The summed E-state index contributed by atoms with van der Waals surface area (Å²) in [5, 5.41) is 8.16. The number of nitrogens with zero attached hydrogens (tertiary/aromatic N) is 5. The molecule has 1 fully saturated rings. The van der Waals surface area contributed by atoms with Gasteiger partial charge in [0, 0.05) is 47.5 Å². The van der Waals surface area contributed by atoms with Gasteiger partial charge in [-0.1, -0.05) is 50.2 Å². The van der Waals surface area contributed by atoms with Gasteiger partial charge in [0.1, 0.15) is 0 Å². The standard InChI is InChI=1S/C27H34FN5O3/c1-18(14-15-28)25(34)33(16-7-5-6-11-22-29-26(36-31-22)27(2,3)4)21-10-8-9-20(17-21)24-30-23(32-35-24)19-12-13-19/h8-10,17,19H,1,5-7,11-16H2,2-4H3. The van der Waals surface area contributed by atoms with Gasteiger partial charge in [-0.3, -0.25) is 9.18 Å². The first kappa shape index (κ1) is 25.7. The van der Waals surface area contributed by atoms with Gasteiger partial charge in [-0.25, -0.2) is 0 Å². The Labute approximate surface area is 211 Å². The number of unbranched alkanes of at least 4 members (excludes halogenated alkanes) is 2. The largest absolute Gasteiger partial charge is 0.339 e. The third kappa shape index (κ3) is 6.44. The number of aromatic nitrogens is 4. The molecule has 0 aliphatic heterocycles. The highest BCUT2D eigenvalue weighted by atomic mass is 19.1. The summed E-state index contributed by atoms with van der Waals surface area (Å²) in [5.74, 6) is 2.61. The second-order valence-corrected chi connectivity index (χ2v) is 10.4. The molecule has 1 saturated carbocycles. The van der Waals surface area contributed by atoms with Crippen LogP contribution in [0, 0.1) is 0 Å². The minimum atomic E-state index is -0.619. The maximum Gasteiger partial charge on any atom is 0.258 e. The molecule has 36 heavy (non-hydrogen) atoms. The molecule has 0 N–H and O–H groups in total. The van der Waals surface area contributed by atoms with E-state index in [0.717, 1.165) is 43.5 Å². The molecule has 1 aliphatic carbocycles. The van der Waals surface area contributed by atoms with Crippen LogP contribution in [0.3, 0.4) is 0 Å². The summed E-state index contributed by atoms with van der Waals surface area (Å²) in [5.41, 5.74) is 1.51. The van der Waals surface area contributed by atoms with E-state index in [0.29, 0.717) is 42.2 Å². The number of halogens is 1. The molecule has 3 aromatic rings. The lowest BCUT2D eigenvalue weighted by molar-refractivity contribution is -0.115. The molecular formula is C27H34FN5O3. The molecule has 1 aromatic carbocycles. The van der Waals surface area contributed by atoms with Crippen LogP contribution in [0.5, 0.6) is 0 Å². The van der Waals surface area contributed by atoms with Gasteiger partial charge in [-0.15, -0.1) is 0 Å². The first-order valence-corrected chi connectivity index (χ1v) is 12.6. The molecule has 9 heteroatoms. The van der Waals surface area contributed by atoms with Crippen molar-refractivity contribution >= 4 is 11.6 Å². The van der Waals surface area contributed by atoms with Crippen molar-refractivity contribution in [1.29, 1.82) is 0 Å². The number of carbonyl (C=O) groups is 1. The van der Waals surface area contributed by atoms with E-state index in [1.165, 1.54) is 0 Å². The van der Waals surface area contributed by atoms with Gasteiger partial charge in [0.2, 0.25) is 5.89 Å². The number of anilines is 1. The molecule has 2 heterocycles. The zero-order chi connectivity index (χ0) is 25.7. The highest BCUT2D eigenvalue weighted by molar-refractivity contribution is 6.05. The predicted molar refractivity (Wildman–Crippen MR) is 134 cm³/mol. The Morgan fingerprint density at radius 2 is 1.94 bits per heavy atom. The van der Waals surface area contributed by atoms with Crippen LogP contribution < -0.4 is 4.90 Å². The van der Waals surface area contributed by atoms with E-state index in [2.05, 4.69) is 26.9 Å². The molecule has 1 aliphatic rings. The fraction of sp³-hybridized carbons (Fsp3) is 0.519. The highest BCUT2D eigenvalue weighted by Crippen LogP contribution is 2.39. The third-order valence-corrected chi connectivity index (χ3v) is 6.12. The van der Waals surface area contributed by atoms with Gasteiger partial charge in [0.15, 0.2) is 11.6 Å². The fourth-order valence-electron chi connectivity index (χ4n) is 3.82. The highest BCUT2D eigenvalue weighted by Gasteiger charge is 2.29. The van der Waals surface area contributed by atoms with Crippen LogP contribution in [0.4, 0.5) is 10.1 Å². The monoisotopic (exact) mass is 495 g/mol. The lowest BCUT2D eigenvalue weighted by Gasteiger charge is -2.24. The van der Waals surface area contributed by atoms with Crippen molar-refractivity contribution in [2.75, 3.05) is 18.1 Å². The SMILES string of the molecule is C=C(CCF)C(=O)N(CCCCCc1noc(C(C)(C)C)n1)c1cccc(-c2nc(C3CC3)no2)c1. The topological polar surface area (TPSA) is 98.2 Å². The number of amides is 1. The molecule has 1 amide bonds. The van der Waals surface area contributed by atoms with Gasteiger partial charge in [-0.05, 0) is 43.9 Å². The molecule has 0 saturated heterocycles. The average molecular weight is 496 g/mol. The Morgan fingerprint density at radius 3 is 2.64 bits per heavy atom. The van der Waals surface area contributed by atoms with Crippen molar-refractivity contribution in [3.63, 3.8) is 0 Å². The Bertz CT molecular complexity index is 1190. The van der Waals surface area contributed by atoms with Crippen LogP contribution in [0.25, 0.3) is 11.5 Å². The number of rotatable bonds is 12. The molecule has 0 spiro atoms. The van der Waals surface area contributed by atoms with Gasteiger partial charge in [0.25, 0.3) is 11.8 Å². The maximum atomic E-state index is 13.1. The minimum Gasteiger partial charge on any atom is -0.339 e. The molecular weight excluding hydrogens is 461 g/mol. The van der Waals surface area contributed by atoms with Crippen LogP contribution in [-0.2, 0) is 16.6 Å². The van der Waals surface area contributed by atoms with Crippen LogP contribution in [0.15, 0.2) is 45.5 Å². The van der Waals surface area contributed by atoms with Crippen LogP contribution in [0.1, 0.15) is 82.8 Å². The second kappa shape index (κ2) is 11.1. The first-order valence-electron chi connectivity index (χ1n) is 12.6. The van der Waals surface area contributed by atoms with Gasteiger partial charge in [0.05, 0.1) is 6.67 Å². The van der Waals surface area contributed by atoms with E-state index < -0.39 is 6.67 Å². The normalized spacial score (nSPS) is 13.7. The fourth-order valence-corrected chi connectivity index (χ4v) is 3.82. The number of aryl methyl sites for hydroxylation is 1. The molecule has 2 aromatic heterocycles.